The van der Waals surface area contributed by atoms with Gasteiger partial charge >= 0.3 is 6.18 Å². The van der Waals surface area contributed by atoms with Gasteiger partial charge in [0, 0.05) is 11.8 Å². The molecule has 0 aliphatic carbocycles. The molecule has 0 saturated carbocycles. The molecule has 0 N–H and O–H groups in total. The predicted octanol–water partition coefficient (Wildman–Crippen LogP) is 5.76. The highest BCUT2D eigenvalue weighted by Gasteiger charge is 2.64. The Kier molecular flexibility index (Phi) is 5.28. The zero-order valence-electron chi connectivity index (χ0n) is 19.0. The topological polar surface area (TPSA) is 57.7 Å². The Labute approximate surface area is 214 Å². The smallest absolute Gasteiger partial charge is 0.358 e. The van der Waals surface area contributed by atoms with Crippen molar-refractivity contribution >= 4 is 41.0 Å². The number of carbonyl (C=O) groups is 3. The Morgan fingerprint density at radius 1 is 0.865 bits per heavy atom. The van der Waals surface area contributed by atoms with Gasteiger partial charge in [-0.2, -0.15) is 13.2 Å². The Morgan fingerprint density at radius 3 is 2.27 bits per heavy atom. The highest BCUT2D eigenvalue weighted by atomic mass is 35.5. The van der Waals surface area contributed by atoms with Crippen LogP contribution in [0.3, 0.4) is 0 Å². The van der Waals surface area contributed by atoms with E-state index in [4.69, 9.17) is 11.6 Å². The number of nitrogens with zero attached hydrogens (tertiary/aromatic N) is 2. The number of anilines is 1. The van der Waals surface area contributed by atoms with Crippen molar-refractivity contribution in [3.63, 3.8) is 0 Å². The molecule has 0 aromatic heterocycles. The van der Waals surface area contributed by atoms with E-state index < -0.39 is 52.5 Å². The number of hydrogen-bond donors (Lipinski definition) is 0. The number of carbonyl (C=O) groups excluding carboxylic acids is 3. The Bertz CT molecular complexity index is 1490. The van der Waals surface area contributed by atoms with Crippen LogP contribution in [0, 0.1) is 11.8 Å². The van der Waals surface area contributed by atoms with Crippen molar-refractivity contribution in [2.45, 2.75) is 18.3 Å². The number of imide groups is 1. The van der Waals surface area contributed by atoms with Crippen LogP contribution in [0.25, 0.3) is 6.08 Å². The molecule has 5 nitrogen and oxygen atoms in total. The number of halogens is 4. The molecule has 2 fully saturated rings. The molecule has 3 aliphatic rings. The standard InChI is InChI=1S/C28H18ClF3N2O3/c29-20-11-10-17(14-19(20)28(30,31)32)34-26(36)21-22(27(34)37)24(25(35)16-7-2-1-3-8-16)33-13-12-15-6-4-5-9-18(15)23(21)33/h1-14,21-24H. The van der Waals surface area contributed by atoms with Gasteiger partial charge in [0.1, 0.15) is 6.04 Å². The lowest BCUT2D eigenvalue weighted by atomic mass is 9.83. The number of amides is 2. The van der Waals surface area contributed by atoms with Crippen molar-refractivity contribution in [2.24, 2.45) is 11.8 Å². The number of benzene rings is 3. The predicted molar refractivity (Wildman–Crippen MR) is 131 cm³/mol. The van der Waals surface area contributed by atoms with Crippen LogP contribution in [0.4, 0.5) is 18.9 Å². The van der Waals surface area contributed by atoms with Gasteiger partial charge in [-0.25, -0.2) is 4.90 Å². The SMILES string of the molecule is O=C(c1ccccc1)C1C2C(=O)N(c3ccc(Cl)c(C(F)(F)F)c3)C(=O)C2C2c3ccccc3C=CN12. The zero-order valence-corrected chi connectivity index (χ0v) is 19.8. The molecular weight excluding hydrogens is 505 g/mol. The van der Waals surface area contributed by atoms with E-state index in [-0.39, 0.29) is 11.5 Å². The molecule has 0 bridgehead atoms. The highest BCUT2D eigenvalue weighted by Crippen LogP contribution is 2.54. The maximum atomic E-state index is 13.8. The van der Waals surface area contributed by atoms with E-state index in [1.165, 1.54) is 6.07 Å². The average molecular weight is 523 g/mol. The van der Waals surface area contributed by atoms with Crippen LogP contribution >= 0.6 is 11.6 Å². The van der Waals surface area contributed by atoms with Crippen LogP contribution in [0.5, 0.6) is 0 Å². The number of alkyl halides is 3. The highest BCUT2D eigenvalue weighted by molar-refractivity contribution is 6.32. The molecule has 2 amide bonds. The van der Waals surface area contributed by atoms with E-state index in [1.807, 2.05) is 30.3 Å². The van der Waals surface area contributed by atoms with Crippen molar-refractivity contribution in [2.75, 3.05) is 4.90 Å². The molecule has 2 saturated heterocycles. The number of hydrogen-bond acceptors (Lipinski definition) is 4. The first-order valence-electron chi connectivity index (χ1n) is 11.6. The van der Waals surface area contributed by atoms with Crippen molar-refractivity contribution in [1.29, 1.82) is 0 Å². The monoisotopic (exact) mass is 522 g/mol. The van der Waals surface area contributed by atoms with Gasteiger partial charge in [-0.15, -0.1) is 0 Å². The van der Waals surface area contributed by atoms with Gasteiger partial charge in [0.15, 0.2) is 5.78 Å². The minimum Gasteiger partial charge on any atom is -0.358 e. The Balaban J connectivity index is 1.49. The lowest BCUT2D eigenvalue weighted by Gasteiger charge is -2.35. The molecule has 3 aromatic carbocycles. The van der Waals surface area contributed by atoms with Crippen LogP contribution in [-0.4, -0.2) is 28.5 Å². The number of Topliss-reactive ketones (excluding diaryl/α,β-unsaturated/α-hetero) is 1. The normalized spacial score (nSPS) is 24.2. The summed E-state index contributed by atoms with van der Waals surface area (Å²) in [5.74, 6) is -3.72. The summed E-state index contributed by atoms with van der Waals surface area (Å²) < 4.78 is 40.7. The third-order valence-corrected chi connectivity index (χ3v) is 7.63. The summed E-state index contributed by atoms with van der Waals surface area (Å²) >= 11 is 5.77. The maximum absolute atomic E-state index is 13.8. The molecule has 3 aromatic rings. The fraction of sp³-hybridized carbons (Fsp3) is 0.179. The molecule has 4 atom stereocenters. The minimum absolute atomic E-state index is 0.224. The van der Waals surface area contributed by atoms with Gasteiger partial charge in [0.2, 0.25) is 11.8 Å². The van der Waals surface area contributed by atoms with Crippen LogP contribution < -0.4 is 4.90 Å². The largest absolute Gasteiger partial charge is 0.417 e. The molecule has 0 spiro atoms. The lowest BCUT2D eigenvalue weighted by Crippen LogP contribution is -2.44. The van der Waals surface area contributed by atoms with Gasteiger partial charge in [-0.1, -0.05) is 66.2 Å². The molecule has 37 heavy (non-hydrogen) atoms. The Morgan fingerprint density at radius 2 is 1.54 bits per heavy atom. The van der Waals surface area contributed by atoms with E-state index in [2.05, 4.69) is 0 Å². The molecule has 186 valence electrons. The first kappa shape index (κ1) is 23.5. The summed E-state index contributed by atoms with van der Waals surface area (Å²) in [6, 6.07) is 17.1. The summed E-state index contributed by atoms with van der Waals surface area (Å²) in [6.45, 7) is 0. The Hall–Kier alpha value is -3.91. The van der Waals surface area contributed by atoms with E-state index in [1.54, 1.807) is 41.4 Å². The minimum atomic E-state index is -4.77. The number of ketones is 1. The van der Waals surface area contributed by atoms with Crippen LogP contribution in [-0.2, 0) is 15.8 Å². The van der Waals surface area contributed by atoms with Gasteiger partial charge in [0.25, 0.3) is 0 Å². The van der Waals surface area contributed by atoms with Gasteiger partial charge < -0.3 is 4.90 Å². The number of fused-ring (bicyclic) bond motifs is 5. The van der Waals surface area contributed by atoms with E-state index >= 15 is 0 Å². The molecule has 6 rings (SSSR count). The van der Waals surface area contributed by atoms with Crippen LogP contribution in [0.1, 0.15) is 33.1 Å². The van der Waals surface area contributed by atoms with Crippen molar-refractivity contribution in [3.05, 3.63) is 106 Å². The molecule has 3 aliphatic heterocycles. The quantitative estimate of drug-likeness (QED) is 0.324. The summed E-state index contributed by atoms with van der Waals surface area (Å²) in [5.41, 5.74) is 0.633. The van der Waals surface area contributed by atoms with Crippen LogP contribution in [0.15, 0.2) is 79.0 Å². The molecule has 3 heterocycles. The van der Waals surface area contributed by atoms with E-state index in [0.29, 0.717) is 11.6 Å². The molecule has 0 radical (unpaired) electrons. The third kappa shape index (κ3) is 3.50. The molecule has 4 unspecified atom stereocenters. The zero-order chi connectivity index (χ0) is 26.1. The molecular formula is C28H18ClF3N2O3. The second-order valence-corrected chi connectivity index (χ2v) is 9.64. The van der Waals surface area contributed by atoms with Gasteiger partial charge in [0.05, 0.1) is 34.2 Å². The second-order valence-electron chi connectivity index (χ2n) is 9.24. The third-order valence-electron chi connectivity index (χ3n) is 7.30. The summed E-state index contributed by atoms with van der Waals surface area (Å²) in [6.07, 6.45) is -1.21. The van der Waals surface area contributed by atoms with Crippen molar-refractivity contribution in [3.8, 4) is 0 Å². The van der Waals surface area contributed by atoms with Crippen LogP contribution in [0.2, 0.25) is 5.02 Å². The summed E-state index contributed by atoms with van der Waals surface area (Å²) in [5, 5.41) is -0.537. The van der Waals surface area contributed by atoms with Gasteiger partial charge in [-0.05, 0) is 35.4 Å². The summed E-state index contributed by atoms with van der Waals surface area (Å²) in [4.78, 5) is 44.0. The van der Waals surface area contributed by atoms with Crippen molar-refractivity contribution in [1.82, 2.24) is 4.90 Å². The fourth-order valence-electron chi connectivity index (χ4n) is 5.75. The molecule has 9 heteroatoms. The second kappa shape index (κ2) is 8.31. The number of rotatable bonds is 3. The van der Waals surface area contributed by atoms with Crippen molar-refractivity contribution < 1.29 is 27.6 Å². The first-order chi connectivity index (χ1) is 17.7. The maximum Gasteiger partial charge on any atom is 0.417 e. The van der Waals surface area contributed by atoms with E-state index in [9.17, 15) is 27.6 Å². The van der Waals surface area contributed by atoms with E-state index in [0.717, 1.165) is 22.1 Å². The summed E-state index contributed by atoms with van der Waals surface area (Å²) in [7, 11) is 0. The van der Waals surface area contributed by atoms with Gasteiger partial charge in [-0.3, -0.25) is 14.4 Å². The average Bonchev–Trinajstić information content (AvgIpc) is 3.36. The first-order valence-corrected chi connectivity index (χ1v) is 11.9. The lowest BCUT2D eigenvalue weighted by molar-refractivity contribution is -0.137. The fourth-order valence-corrected chi connectivity index (χ4v) is 5.98.